The molecule has 0 bridgehead atoms. The van der Waals surface area contributed by atoms with E-state index >= 15 is 0 Å². The van der Waals surface area contributed by atoms with Crippen LogP contribution in [-0.2, 0) is 0 Å². The number of carbonyl (C=O) groups is 1. The Bertz CT molecular complexity index is 815. The first-order valence-corrected chi connectivity index (χ1v) is 6.40. The standard InChI is InChI=1S/C17H13NO2.FH/c1-12-15-7-3-2-5-13(15)8-9-16(12)18-10-4-6-14(11-18)17(19)20;/h2-11H,1H3;1H. The number of nitrogens with zero attached hydrogens (tertiary/aromatic N) is 1. The van der Waals surface area contributed by atoms with Crippen LogP contribution in [0.2, 0.25) is 0 Å². The quantitative estimate of drug-likeness (QED) is 0.679. The molecule has 0 unspecified atom stereocenters. The first-order chi connectivity index (χ1) is 9.66. The highest BCUT2D eigenvalue weighted by Crippen LogP contribution is 2.21. The molecule has 0 amide bonds. The summed E-state index contributed by atoms with van der Waals surface area (Å²) in [6.45, 7) is 2.05. The van der Waals surface area contributed by atoms with E-state index in [0.717, 1.165) is 11.3 Å². The number of aryl methyl sites for hydroxylation is 1. The number of hydrogen-bond acceptors (Lipinski definition) is 1. The molecular formula is C17H14FNO2. The molecule has 0 aliphatic rings. The molecular weight excluding hydrogens is 269 g/mol. The number of benzene rings is 2. The van der Waals surface area contributed by atoms with Crippen LogP contribution in [0.5, 0.6) is 0 Å². The molecule has 0 saturated carbocycles. The second-order valence-corrected chi connectivity index (χ2v) is 4.74. The number of carboxylic acid groups (broad SMARTS) is 1. The zero-order valence-corrected chi connectivity index (χ0v) is 11.5. The molecule has 21 heavy (non-hydrogen) atoms. The van der Waals surface area contributed by atoms with Gasteiger partial charge < -0.3 is 9.81 Å². The smallest absolute Gasteiger partial charge is 0.341 e. The zero-order chi connectivity index (χ0) is 14.1. The van der Waals surface area contributed by atoms with Crippen LogP contribution in [0.15, 0.2) is 60.9 Å². The predicted octanol–water partition coefficient (Wildman–Crippen LogP) is 0.127. The summed E-state index contributed by atoms with van der Waals surface area (Å²) in [6.07, 6.45) is 3.50. The van der Waals surface area contributed by atoms with Gasteiger partial charge in [0.05, 0.1) is 0 Å². The van der Waals surface area contributed by atoms with E-state index in [1.165, 1.54) is 10.8 Å². The van der Waals surface area contributed by atoms with Crippen molar-refractivity contribution in [3.05, 3.63) is 72.1 Å². The summed E-state index contributed by atoms with van der Waals surface area (Å²) in [4.78, 5) is 11.1. The Labute approximate surface area is 121 Å². The van der Waals surface area contributed by atoms with Gasteiger partial charge in [0.25, 0.3) is 0 Å². The van der Waals surface area contributed by atoms with Crippen molar-refractivity contribution in [2.24, 2.45) is 0 Å². The molecule has 0 aliphatic heterocycles. The van der Waals surface area contributed by atoms with Crippen LogP contribution in [-0.4, -0.2) is 11.1 Å². The Balaban J connectivity index is 0.00000161. The molecule has 0 atom stereocenters. The first-order valence-electron chi connectivity index (χ1n) is 6.40. The number of carboxylic acids is 1. The van der Waals surface area contributed by atoms with E-state index < -0.39 is 5.97 Å². The normalized spacial score (nSPS) is 10.1. The molecule has 0 radical (unpaired) electrons. The van der Waals surface area contributed by atoms with Crippen LogP contribution in [0.4, 0.5) is 0 Å². The summed E-state index contributed by atoms with van der Waals surface area (Å²) < 4.78 is 1.85. The first kappa shape index (κ1) is 14.7. The number of halogens is 1. The SMILES string of the molecule is Cc1c(-[n+]2cccc(C(=O)O)c2)ccc2ccccc12.[F-]. The summed E-state index contributed by atoms with van der Waals surface area (Å²) in [6, 6.07) is 15.6. The topological polar surface area (TPSA) is 41.2 Å². The lowest BCUT2D eigenvalue weighted by Gasteiger charge is -2.05. The van der Waals surface area contributed by atoms with E-state index in [4.69, 9.17) is 5.11 Å². The highest BCUT2D eigenvalue weighted by molar-refractivity contribution is 5.88. The summed E-state index contributed by atoms with van der Waals surface area (Å²) in [5, 5.41) is 11.4. The molecule has 2 aromatic carbocycles. The third-order valence-corrected chi connectivity index (χ3v) is 3.50. The summed E-state index contributed by atoms with van der Waals surface area (Å²) in [5.74, 6) is -0.919. The number of aromatic carboxylic acids is 1. The monoisotopic (exact) mass is 283 g/mol. The molecule has 1 N–H and O–H groups in total. The second-order valence-electron chi connectivity index (χ2n) is 4.74. The van der Waals surface area contributed by atoms with Crippen molar-refractivity contribution in [2.45, 2.75) is 6.92 Å². The van der Waals surface area contributed by atoms with E-state index in [9.17, 15) is 4.79 Å². The van der Waals surface area contributed by atoms with Gasteiger partial charge >= 0.3 is 5.97 Å². The minimum absolute atomic E-state index is 0. The van der Waals surface area contributed by atoms with Gasteiger partial charge in [0.2, 0.25) is 5.69 Å². The fourth-order valence-electron chi connectivity index (χ4n) is 2.45. The lowest BCUT2D eigenvalue weighted by molar-refractivity contribution is -0.596. The van der Waals surface area contributed by atoms with Gasteiger partial charge in [-0.05, 0) is 29.8 Å². The van der Waals surface area contributed by atoms with Crippen LogP contribution in [0.25, 0.3) is 16.5 Å². The van der Waals surface area contributed by atoms with Gasteiger partial charge in [0, 0.05) is 17.7 Å². The lowest BCUT2D eigenvalue weighted by Crippen LogP contribution is -3.00. The Morgan fingerprint density at radius 2 is 1.81 bits per heavy atom. The fourth-order valence-corrected chi connectivity index (χ4v) is 2.45. The van der Waals surface area contributed by atoms with Crippen LogP contribution >= 0.6 is 0 Å². The molecule has 3 nitrogen and oxygen atoms in total. The fraction of sp³-hybridized carbons (Fsp3) is 0.0588. The van der Waals surface area contributed by atoms with E-state index in [-0.39, 0.29) is 10.3 Å². The number of pyridine rings is 1. The van der Waals surface area contributed by atoms with E-state index in [1.807, 2.05) is 29.0 Å². The second kappa shape index (κ2) is 5.71. The number of rotatable bonds is 2. The molecule has 1 heterocycles. The van der Waals surface area contributed by atoms with Gasteiger partial charge in [-0.3, -0.25) is 0 Å². The Morgan fingerprint density at radius 3 is 2.57 bits per heavy atom. The molecule has 106 valence electrons. The minimum atomic E-state index is -0.919. The Kier molecular flexibility index (Phi) is 3.98. The van der Waals surface area contributed by atoms with Crippen LogP contribution < -0.4 is 9.27 Å². The van der Waals surface area contributed by atoms with Crippen molar-refractivity contribution in [1.29, 1.82) is 0 Å². The maximum atomic E-state index is 11.1. The Morgan fingerprint density at radius 1 is 1.05 bits per heavy atom. The lowest BCUT2D eigenvalue weighted by atomic mass is 10.0. The maximum absolute atomic E-state index is 11.1. The number of hydrogen-bond donors (Lipinski definition) is 1. The van der Waals surface area contributed by atoms with E-state index in [1.54, 1.807) is 18.3 Å². The zero-order valence-electron chi connectivity index (χ0n) is 11.5. The van der Waals surface area contributed by atoms with Crippen molar-refractivity contribution in [3.63, 3.8) is 0 Å². The highest BCUT2D eigenvalue weighted by Gasteiger charge is 2.14. The third kappa shape index (κ3) is 2.60. The van der Waals surface area contributed by atoms with Crippen LogP contribution in [0, 0.1) is 6.92 Å². The van der Waals surface area contributed by atoms with Crippen LogP contribution in [0.1, 0.15) is 15.9 Å². The van der Waals surface area contributed by atoms with Crippen LogP contribution in [0.3, 0.4) is 0 Å². The van der Waals surface area contributed by atoms with Gasteiger partial charge in [-0.15, -0.1) is 0 Å². The van der Waals surface area contributed by atoms with Crippen molar-refractivity contribution < 1.29 is 19.2 Å². The molecule has 1 aromatic heterocycles. The molecule has 0 saturated heterocycles. The highest BCUT2D eigenvalue weighted by atomic mass is 19.0. The summed E-state index contributed by atoms with van der Waals surface area (Å²) >= 11 is 0. The third-order valence-electron chi connectivity index (χ3n) is 3.50. The van der Waals surface area contributed by atoms with E-state index in [0.29, 0.717) is 0 Å². The van der Waals surface area contributed by atoms with Gasteiger partial charge in [0.1, 0.15) is 5.56 Å². The largest absolute Gasteiger partial charge is 1.00 e. The number of fused-ring (bicyclic) bond motifs is 1. The van der Waals surface area contributed by atoms with Gasteiger partial charge in [-0.1, -0.05) is 24.3 Å². The van der Waals surface area contributed by atoms with Crippen molar-refractivity contribution in [2.75, 3.05) is 0 Å². The summed E-state index contributed by atoms with van der Waals surface area (Å²) in [7, 11) is 0. The predicted molar refractivity (Wildman–Crippen MR) is 77.2 cm³/mol. The van der Waals surface area contributed by atoms with Crippen molar-refractivity contribution in [3.8, 4) is 5.69 Å². The van der Waals surface area contributed by atoms with Gasteiger partial charge in [-0.2, -0.15) is 4.57 Å². The summed E-state index contributed by atoms with van der Waals surface area (Å²) in [5.41, 5.74) is 2.41. The van der Waals surface area contributed by atoms with Crippen molar-refractivity contribution in [1.82, 2.24) is 0 Å². The minimum Gasteiger partial charge on any atom is -1.00 e. The van der Waals surface area contributed by atoms with Gasteiger partial charge in [0.15, 0.2) is 12.4 Å². The van der Waals surface area contributed by atoms with Crippen molar-refractivity contribution >= 4 is 16.7 Å². The molecule has 3 rings (SSSR count). The average Bonchev–Trinajstić information content (AvgIpc) is 2.48. The molecule has 0 fully saturated rings. The molecule has 4 heteroatoms. The van der Waals surface area contributed by atoms with Gasteiger partial charge in [-0.25, -0.2) is 4.79 Å². The molecule has 3 aromatic rings. The molecule has 0 spiro atoms. The average molecular weight is 283 g/mol. The number of aromatic nitrogens is 1. The maximum Gasteiger partial charge on any atom is 0.341 e. The Hall–Kier alpha value is -2.75. The molecule has 0 aliphatic carbocycles. The van der Waals surface area contributed by atoms with E-state index in [2.05, 4.69) is 25.1 Å².